The molecule has 3 aromatic rings. The molecule has 1 aliphatic heterocycles. The Morgan fingerprint density at radius 3 is 2.45 bits per heavy atom. The minimum Gasteiger partial charge on any atom is -0.480 e. The number of likely N-dealkylation sites (N-methyl/N-ethyl adjacent to an activating group) is 1. The average Bonchev–Trinajstić information content (AvgIpc) is 3.16. The number of aryl methyl sites for hydroxylation is 1. The molecule has 1 N–H and O–H groups in total. The molecule has 2 aromatic heterocycles. The molecule has 1 aliphatic rings. The van der Waals surface area contributed by atoms with E-state index in [4.69, 9.17) is 9.47 Å². The zero-order valence-corrected chi connectivity index (χ0v) is 20.5. The molecular formula is C24H31N5O3S. The molecule has 1 amide bonds. The molecule has 0 aliphatic carbocycles. The summed E-state index contributed by atoms with van der Waals surface area (Å²) in [6.07, 6.45) is 0. The summed E-state index contributed by atoms with van der Waals surface area (Å²) in [5.74, 6) is 0.884. The van der Waals surface area contributed by atoms with Crippen LogP contribution in [0.15, 0.2) is 24.3 Å². The average molecular weight is 470 g/mol. The van der Waals surface area contributed by atoms with E-state index < -0.39 is 0 Å². The molecule has 1 fully saturated rings. The molecule has 8 nitrogen and oxygen atoms in total. The highest BCUT2D eigenvalue weighted by Crippen LogP contribution is 2.35. The van der Waals surface area contributed by atoms with Crippen molar-refractivity contribution in [3.05, 3.63) is 51.7 Å². The first-order chi connectivity index (χ1) is 16.0. The molecule has 3 heterocycles. The van der Waals surface area contributed by atoms with Crippen molar-refractivity contribution in [3.63, 3.8) is 0 Å². The van der Waals surface area contributed by atoms with Gasteiger partial charge in [0.05, 0.1) is 17.4 Å². The maximum Gasteiger partial charge on any atom is 0.261 e. The number of nitrogens with zero attached hydrogens (tertiary/aromatic N) is 4. The summed E-state index contributed by atoms with van der Waals surface area (Å²) in [7, 11) is 5.34. The first kappa shape index (κ1) is 23.6. The molecule has 0 radical (unpaired) electrons. The van der Waals surface area contributed by atoms with Gasteiger partial charge in [-0.3, -0.25) is 9.69 Å². The van der Waals surface area contributed by atoms with Crippen molar-refractivity contribution >= 4 is 27.5 Å². The maximum atomic E-state index is 12.9. The summed E-state index contributed by atoms with van der Waals surface area (Å²) in [6, 6.07) is 8.49. The van der Waals surface area contributed by atoms with Gasteiger partial charge in [0.15, 0.2) is 5.82 Å². The Hall–Kier alpha value is -2.59. The molecule has 0 bridgehead atoms. The van der Waals surface area contributed by atoms with Crippen molar-refractivity contribution in [2.75, 3.05) is 47.4 Å². The predicted molar refractivity (Wildman–Crippen MR) is 130 cm³/mol. The number of carbonyl (C=O) groups excluding carboxylic acids is 1. The Kier molecular flexibility index (Phi) is 7.54. The number of carbonyl (C=O) groups is 1. The lowest BCUT2D eigenvalue weighted by atomic mass is 10.1. The molecule has 0 spiro atoms. The lowest BCUT2D eigenvalue weighted by molar-refractivity contribution is 0.0954. The third-order valence-corrected chi connectivity index (χ3v) is 7.14. The number of ether oxygens (including phenoxy) is 2. The fourth-order valence-corrected chi connectivity index (χ4v) is 5.10. The molecule has 1 aromatic carbocycles. The fraction of sp³-hybridized carbons (Fsp3) is 0.458. The monoisotopic (exact) mass is 469 g/mol. The Morgan fingerprint density at radius 2 is 1.79 bits per heavy atom. The molecule has 0 atom stereocenters. The van der Waals surface area contributed by atoms with Crippen LogP contribution in [0.25, 0.3) is 10.2 Å². The molecule has 4 rings (SSSR count). The molecule has 1 saturated heterocycles. The zero-order chi connectivity index (χ0) is 23.4. The first-order valence-corrected chi connectivity index (χ1v) is 11.9. The van der Waals surface area contributed by atoms with E-state index in [2.05, 4.69) is 56.4 Å². The summed E-state index contributed by atoms with van der Waals surface area (Å²) < 4.78 is 10.6. The molecular weight excluding hydrogens is 438 g/mol. The van der Waals surface area contributed by atoms with E-state index in [1.165, 1.54) is 16.9 Å². The summed E-state index contributed by atoms with van der Waals surface area (Å²) in [5, 5.41) is 3.82. The molecule has 9 heteroatoms. The minimum absolute atomic E-state index is 0.118. The van der Waals surface area contributed by atoms with E-state index >= 15 is 0 Å². The Bertz CT molecular complexity index is 1110. The van der Waals surface area contributed by atoms with Crippen LogP contribution in [-0.2, 0) is 24.4 Å². The topological polar surface area (TPSA) is 79.8 Å². The summed E-state index contributed by atoms with van der Waals surface area (Å²) in [4.78, 5) is 28.1. The van der Waals surface area contributed by atoms with Crippen LogP contribution in [0.4, 0.5) is 0 Å². The van der Waals surface area contributed by atoms with Crippen LogP contribution in [0.3, 0.4) is 0 Å². The van der Waals surface area contributed by atoms with Gasteiger partial charge in [0, 0.05) is 46.4 Å². The fourth-order valence-electron chi connectivity index (χ4n) is 3.99. The van der Waals surface area contributed by atoms with Crippen LogP contribution in [-0.4, -0.2) is 73.1 Å². The third kappa shape index (κ3) is 5.50. The highest BCUT2D eigenvalue weighted by atomic mass is 32.1. The molecule has 0 saturated carbocycles. The van der Waals surface area contributed by atoms with E-state index in [-0.39, 0.29) is 12.5 Å². The number of piperazine rings is 1. The number of hydrogen-bond acceptors (Lipinski definition) is 8. The van der Waals surface area contributed by atoms with Gasteiger partial charge in [-0.05, 0) is 30.7 Å². The van der Waals surface area contributed by atoms with Gasteiger partial charge >= 0.3 is 0 Å². The summed E-state index contributed by atoms with van der Waals surface area (Å²) >= 11 is 1.35. The molecule has 0 unspecified atom stereocenters. The van der Waals surface area contributed by atoms with Crippen LogP contribution >= 0.6 is 11.3 Å². The van der Waals surface area contributed by atoms with Crippen molar-refractivity contribution in [2.24, 2.45) is 0 Å². The smallest absolute Gasteiger partial charge is 0.261 e. The van der Waals surface area contributed by atoms with Crippen molar-refractivity contribution in [2.45, 2.75) is 26.6 Å². The van der Waals surface area contributed by atoms with Crippen molar-refractivity contribution in [1.82, 2.24) is 25.1 Å². The quantitative estimate of drug-likeness (QED) is 0.543. The first-order valence-electron chi connectivity index (χ1n) is 11.1. The summed E-state index contributed by atoms with van der Waals surface area (Å²) in [5.41, 5.74) is 3.20. The van der Waals surface area contributed by atoms with Crippen LogP contribution in [0.5, 0.6) is 5.88 Å². The van der Waals surface area contributed by atoms with E-state index in [1.807, 2.05) is 6.92 Å². The second-order valence-corrected chi connectivity index (χ2v) is 9.40. The van der Waals surface area contributed by atoms with Gasteiger partial charge in [-0.2, -0.15) is 4.98 Å². The SMILES string of the molecule is COCc1nc(OC)c2c(C)c(C(=O)NCc3ccc(CN4CCN(C)CC4)cc3)sc2n1. The second kappa shape index (κ2) is 10.6. The molecule has 33 heavy (non-hydrogen) atoms. The predicted octanol–water partition coefficient (Wildman–Crippen LogP) is 2.83. The standard InChI is InChI=1S/C24H31N5O3S/c1-16-20-23(32-4)26-19(15-31-3)27-24(20)33-21(16)22(30)25-13-17-5-7-18(8-6-17)14-29-11-9-28(2)10-12-29/h5-8H,9-15H2,1-4H3,(H,25,30). The largest absolute Gasteiger partial charge is 0.480 e. The normalized spacial score (nSPS) is 15.2. The van der Waals surface area contributed by atoms with Gasteiger partial charge in [0.2, 0.25) is 5.88 Å². The van der Waals surface area contributed by atoms with Gasteiger partial charge in [0.25, 0.3) is 5.91 Å². The molecule has 176 valence electrons. The lowest BCUT2D eigenvalue weighted by Crippen LogP contribution is -2.43. The number of aromatic nitrogens is 2. The van der Waals surface area contributed by atoms with Crippen molar-refractivity contribution < 1.29 is 14.3 Å². The van der Waals surface area contributed by atoms with Gasteiger partial charge < -0.3 is 19.7 Å². The van der Waals surface area contributed by atoms with Gasteiger partial charge in [-0.1, -0.05) is 24.3 Å². The van der Waals surface area contributed by atoms with E-state index in [0.717, 1.165) is 54.1 Å². The Morgan fingerprint density at radius 1 is 1.09 bits per heavy atom. The summed E-state index contributed by atoms with van der Waals surface area (Å²) in [6.45, 7) is 8.07. The van der Waals surface area contributed by atoms with E-state index in [0.29, 0.717) is 23.1 Å². The number of benzene rings is 1. The van der Waals surface area contributed by atoms with Gasteiger partial charge in [-0.25, -0.2) is 4.98 Å². The Labute approximate surface area is 198 Å². The zero-order valence-electron chi connectivity index (χ0n) is 19.7. The second-order valence-electron chi connectivity index (χ2n) is 8.40. The van der Waals surface area contributed by atoms with Crippen LogP contribution in [0.2, 0.25) is 0 Å². The van der Waals surface area contributed by atoms with E-state index in [1.54, 1.807) is 14.2 Å². The third-order valence-electron chi connectivity index (χ3n) is 5.95. The van der Waals surface area contributed by atoms with E-state index in [9.17, 15) is 4.79 Å². The van der Waals surface area contributed by atoms with Gasteiger partial charge in [-0.15, -0.1) is 11.3 Å². The van der Waals surface area contributed by atoms with Gasteiger partial charge in [0.1, 0.15) is 11.4 Å². The number of fused-ring (bicyclic) bond motifs is 1. The highest BCUT2D eigenvalue weighted by Gasteiger charge is 2.21. The number of rotatable bonds is 8. The van der Waals surface area contributed by atoms with Crippen molar-refractivity contribution in [3.8, 4) is 5.88 Å². The highest BCUT2D eigenvalue weighted by molar-refractivity contribution is 7.20. The number of methoxy groups -OCH3 is 2. The van der Waals surface area contributed by atoms with Crippen LogP contribution < -0.4 is 10.1 Å². The number of thiophene rings is 1. The van der Waals surface area contributed by atoms with Crippen LogP contribution in [0.1, 0.15) is 32.2 Å². The van der Waals surface area contributed by atoms with Crippen LogP contribution in [0, 0.1) is 6.92 Å². The number of nitrogens with one attached hydrogen (secondary N) is 1. The maximum absolute atomic E-state index is 12.9. The minimum atomic E-state index is -0.118. The van der Waals surface area contributed by atoms with Crippen molar-refractivity contribution in [1.29, 1.82) is 0 Å². The lowest BCUT2D eigenvalue weighted by Gasteiger charge is -2.32. The number of amides is 1. The number of hydrogen-bond donors (Lipinski definition) is 1. The Balaban J connectivity index is 1.40.